The minimum atomic E-state index is -0.972. The molecule has 0 aromatic heterocycles. The number of hydrogen-bond acceptors (Lipinski definition) is 4. The van der Waals surface area contributed by atoms with Crippen molar-refractivity contribution in [3.8, 4) is 0 Å². The zero-order valence-electron chi connectivity index (χ0n) is 12.9. The molecule has 0 saturated heterocycles. The predicted molar refractivity (Wildman–Crippen MR) is 90.1 cm³/mol. The van der Waals surface area contributed by atoms with E-state index < -0.39 is 5.72 Å². The first kappa shape index (κ1) is 16.6. The molecule has 0 aliphatic carbocycles. The molecule has 1 aliphatic rings. The van der Waals surface area contributed by atoms with Crippen molar-refractivity contribution in [1.29, 1.82) is 0 Å². The van der Waals surface area contributed by atoms with E-state index in [1.54, 1.807) is 25.1 Å². The number of nitrogens with zero attached hydrogens (tertiary/aromatic N) is 1. The monoisotopic (exact) mass is 320 g/mol. The molecular formula is C17H21ClN2O2. The highest BCUT2D eigenvalue weighted by atomic mass is 35.5. The Morgan fingerprint density at radius 2 is 2.09 bits per heavy atom. The zero-order valence-corrected chi connectivity index (χ0v) is 13.7. The molecule has 2 N–H and O–H groups in total. The fraction of sp³-hybridized carbons (Fsp3) is 0.353. The first-order valence-corrected chi connectivity index (χ1v) is 7.71. The fourth-order valence-electron chi connectivity index (χ4n) is 2.19. The molecule has 0 fully saturated rings. The molecule has 1 aromatic rings. The number of aliphatic imine (C=N–C) groups is 1. The molecule has 1 aromatic carbocycles. The molecule has 5 heteroatoms. The Bertz CT molecular complexity index is 608. The van der Waals surface area contributed by atoms with Crippen LogP contribution in [-0.2, 0) is 10.5 Å². The maximum Gasteiger partial charge on any atom is 0.221 e. The van der Waals surface area contributed by atoms with Crippen LogP contribution in [0.15, 0.2) is 53.4 Å². The van der Waals surface area contributed by atoms with Crippen LogP contribution in [0, 0.1) is 0 Å². The Kier molecular flexibility index (Phi) is 5.27. The summed E-state index contributed by atoms with van der Waals surface area (Å²) in [5.41, 5.74) is 0.517. The molecule has 0 radical (unpaired) electrons. The van der Waals surface area contributed by atoms with Crippen LogP contribution in [0.5, 0.6) is 0 Å². The predicted octanol–water partition coefficient (Wildman–Crippen LogP) is 4.29. The summed E-state index contributed by atoms with van der Waals surface area (Å²) in [4.78, 5) is 3.99. The van der Waals surface area contributed by atoms with Crippen LogP contribution in [-0.4, -0.2) is 17.5 Å². The minimum absolute atomic E-state index is 0.0943. The van der Waals surface area contributed by atoms with E-state index in [2.05, 4.69) is 23.8 Å². The summed E-state index contributed by atoms with van der Waals surface area (Å²) in [5, 5.41) is 14.0. The molecule has 4 nitrogen and oxygen atoms in total. The average Bonchev–Trinajstić information content (AvgIpc) is 2.47. The van der Waals surface area contributed by atoms with Gasteiger partial charge in [-0.3, -0.25) is 5.32 Å². The van der Waals surface area contributed by atoms with Crippen LogP contribution in [0.1, 0.15) is 32.3 Å². The van der Waals surface area contributed by atoms with Gasteiger partial charge in [0.1, 0.15) is 0 Å². The largest absolute Gasteiger partial charge is 0.493 e. The summed E-state index contributed by atoms with van der Waals surface area (Å²) >= 11 is 5.97. The minimum Gasteiger partial charge on any atom is -0.493 e. The van der Waals surface area contributed by atoms with Crippen LogP contribution >= 0.6 is 11.6 Å². The number of aliphatic hydroxyl groups excluding tert-OH is 1. The first-order valence-electron chi connectivity index (χ1n) is 7.33. The van der Waals surface area contributed by atoms with Gasteiger partial charge in [0.05, 0.1) is 0 Å². The van der Waals surface area contributed by atoms with E-state index >= 15 is 0 Å². The van der Waals surface area contributed by atoms with Crippen molar-refractivity contribution in [2.24, 2.45) is 4.99 Å². The average molecular weight is 321 g/mol. The number of hydrogen-bond donors (Lipinski definition) is 2. The van der Waals surface area contributed by atoms with Gasteiger partial charge < -0.3 is 9.84 Å². The molecule has 1 aliphatic heterocycles. The number of aliphatic hydroxyl groups is 1. The summed E-state index contributed by atoms with van der Waals surface area (Å²) in [7, 11) is 0. The van der Waals surface area contributed by atoms with E-state index in [1.165, 1.54) is 0 Å². The second kappa shape index (κ2) is 6.99. The van der Waals surface area contributed by atoms with Gasteiger partial charge in [0.25, 0.3) is 0 Å². The Hall–Kier alpha value is -1.78. The lowest BCUT2D eigenvalue weighted by molar-refractivity contribution is 0.0561. The van der Waals surface area contributed by atoms with Gasteiger partial charge in [-0.15, -0.1) is 0 Å². The van der Waals surface area contributed by atoms with Crippen molar-refractivity contribution in [2.45, 2.75) is 32.4 Å². The normalized spacial score (nSPS) is 20.9. The number of benzene rings is 1. The van der Waals surface area contributed by atoms with Gasteiger partial charge in [0, 0.05) is 22.2 Å². The molecular weight excluding hydrogens is 300 g/mol. The quantitative estimate of drug-likeness (QED) is 0.769. The fourth-order valence-corrected chi connectivity index (χ4v) is 2.31. The zero-order chi connectivity index (χ0) is 16.2. The summed E-state index contributed by atoms with van der Waals surface area (Å²) < 4.78 is 6.04. The number of halogens is 1. The summed E-state index contributed by atoms with van der Waals surface area (Å²) in [6, 6.07) is 7.32. The molecule has 0 saturated carbocycles. The van der Waals surface area contributed by atoms with Crippen molar-refractivity contribution < 1.29 is 9.84 Å². The molecule has 1 heterocycles. The topological polar surface area (TPSA) is 53.9 Å². The van der Waals surface area contributed by atoms with Crippen molar-refractivity contribution in [3.05, 3.63) is 59.0 Å². The number of unbranched alkanes of at least 4 members (excludes halogenated alkanes) is 1. The standard InChI is InChI=1S/C17H21ClN2O2/c1-4-5-10-19-17(13-6-8-14(18)9-7-13)11-15(21)20-16(22-17)12(2)3/h6-9,11,19,21H,2,4-5,10H2,1,3H3. The molecule has 2 rings (SSSR count). The van der Waals surface area contributed by atoms with Crippen molar-refractivity contribution in [1.82, 2.24) is 5.32 Å². The van der Waals surface area contributed by atoms with Crippen LogP contribution in [0.25, 0.3) is 0 Å². The number of ether oxygens (including phenoxy) is 1. The van der Waals surface area contributed by atoms with Crippen molar-refractivity contribution >= 4 is 17.5 Å². The number of nitrogens with one attached hydrogen (secondary N) is 1. The molecule has 0 spiro atoms. The van der Waals surface area contributed by atoms with Crippen LogP contribution in [0.4, 0.5) is 0 Å². The Morgan fingerprint density at radius 1 is 1.41 bits per heavy atom. The van der Waals surface area contributed by atoms with E-state index in [4.69, 9.17) is 16.3 Å². The second-order valence-corrected chi connectivity index (χ2v) is 5.76. The van der Waals surface area contributed by atoms with Crippen LogP contribution < -0.4 is 5.32 Å². The van der Waals surface area contributed by atoms with E-state index in [0.29, 0.717) is 16.5 Å². The van der Waals surface area contributed by atoms with E-state index in [-0.39, 0.29) is 5.88 Å². The van der Waals surface area contributed by atoms with Gasteiger partial charge in [-0.1, -0.05) is 43.7 Å². The van der Waals surface area contributed by atoms with E-state index in [1.807, 2.05) is 12.1 Å². The third kappa shape index (κ3) is 3.70. The summed E-state index contributed by atoms with van der Waals surface area (Å²) in [5.74, 6) is 0.224. The van der Waals surface area contributed by atoms with Crippen molar-refractivity contribution in [2.75, 3.05) is 6.54 Å². The molecule has 22 heavy (non-hydrogen) atoms. The van der Waals surface area contributed by atoms with Crippen LogP contribution in [0.2, 0.25) is 5.02 Å². The smallest absolute Gasteiger partial charge is 0.221 e. The SMILES string of the molecule is C=C(C)C1=NC(O)=CC(NCCCC)(c2ccc(Cl)cc2)O1. The van der Waals surface area contributed by atoms with Crippen molar-refractivity contribution in [3.63, 3.8) is 0 Å². The third-order valence-electron chi connectivity index (χ3n) is 3.36. The van der Waals surface area contributed by atoms with Gasteiger partial charge in [0.15, 0.2) is 0 Å². The lowest BCUT2D eigenvalue weighted by Gasteiger charge is -2.35. The highest BCUT2D eigenvalue weighted by Crippen LogP contribution is 2.31. The van der Waals surface area contributed by atoms with Gasteiger partial charge in [-0.05, 0) is 32.0 Å². The first-order chi connectivity index (χ1) is 10.5. The molecule has 1 atom stereocenters. The second-order valence-electron chi connectivity index (χ2n) is 5.32. The maximum atomic E-state index is 10.0. The van der Waals surface area contributed by atoms with Gasteiger partial charge in [-0.2, -0.15) is 4.99 Å². The molecule has 118 valence electrons. The highest BCUT2D eigenvalue weighted by Gasteiger charge is 2.36. The Morgan fingerprint density at radius 3 is 2.68 bits per heavy atom. The summed E-state index contributed by atoms with van der Waals surface area (Å²) in [6.45, 7) is 8.49. The Labute approximate surface area is 136 Å². The van der Waals surface area contributed by atoms with E-state index in [9.17, 15) is 5.11 Å². The van der Waals surface area contributed by atoms with Gasteiger partial charge in [-0.25, -0.2) is 0 Å². The lowest BCUT2D eigenvalue weighted by Crippen LogP contribution is -2.47. The lowest BCUT2D eigenvalue weighted by atomic mass is 10.0. The third-order valence-corrected chi connectivity index (χ3v) is 3.61. The van der Waals surface area contributed by atoms with E-state index in [0.717, 1.165) is 24.9 Å². The Balaban J connectivity index is 2.40. The number of rotatable bonds is 6. The summed E-state index contributed by atoms with van der Waals surface area (Å²) in [6.07, 6.45) is 3.62. The molecule has 0 amide bonds. The van der Waals surface area contributed by atoms with Crippen LogP contribution in [0.3, 0.4) is 0 Å². The molecule has 1 unspecified atom stereocenters. The highest BCUT2D eigenvalue weighted by molar-refractivity contribution is 6.30. The molecule has 0 bridgehead atoms. The maximum absolute atomic E-state index is 10.0. The van der Waals surface area contributed by atoms with Gasteiger partial charge in [0.2, 0.25) is 17.5 Å². The van der Waals surface area contributed by atoms with Gasteiger partial charge >= 0.3 is 0 Å².